The summed E-state index contributed by atoms with van der Waals surface area (Å²) in [6.45, 7) is 0. The smallest absolute Gasteiger partial charge is 0.328 e. The molecule has 1 fully saturated rings. The molecule has 0 saturated heterocycles. The second-order valence-electron chi connectivity index (χ2n) is 5.22. The first-order chi connectivity index (χ1) is 9.38. The lowest BCUT2D eigenvalue weighted by atomic mass is 9.91. The third-order valence-corrected chi connectivity index (χ3v) is 4.82. The number of allylic oxidation sites excluding steroid dienone is 1. The average molecular weight is 294 g/mol. The second-order valence-corrected chi connectivity index (χ2v) is 7.23. The van der Waals surface area contributed by atoms with Crippen molar-refractivity contribution in [1.82, 2.24) is 0 Å². The number of rotatable bonds is 4. The van der Waals surface area contributed by atoms with Gasteiger partial charge in [0.05, 0.1) is 4.90 Å². The molecule has 5 heteroatoms. The fraction of sp³-hybridized carbons (Fsp3) is 0.400. The van der Waals surface area contributed by atoms with Gasteiger partial charge in [-0.3, -0.25) is 0 Å². The van der Waals surface area contributed by atoms with Crippen molar-refractivity contribution in [2.24, 2.45) is 5.92 Å². The zero-order chi connectivity index (χ0) is 14.8. The van der Waals surface area contributed by atoms with Crippen LogP contribution in [0.4, 0.5) is 0 Å². The van der Waals surface area contributed by atoms with Crippen molar-refractivity contribution < 1.29 is 18.3 Å². The molecule has 0 spiro atoms. The summed E-state index contributed by atoms with van der Waals surface area (Å²) in [5.74, 6) is -0.700. The Labute approximate surface area is 119 Å². The van der Waals surface area contributed by atoms with Gasteiger partial charge >= 0.3 is 5.97 Å². The van der Waals surface area contributed by atoms with Gasteiger partial charge in [0.1, 0.15) is 0 Å². The molecule has 1 saturated carbocycles. The minimum Gasteiger partial charge on any atom is -0.478 e. The van der Waals surface area contributed by atoms with Crippen LogP contribution in [0.15, 0.2) is 35.2 Å². The van der Waals surface area contributed by atoms with E-state index in [1.54, 1.807) is 12.1 Å². The third-order valence-electron chi connectivity index (χ3n) is 3.69. The quantitative estimate of drug-likeness (QED) is 0.867. The van der Waals surface area contributed by atoms with E-state index >= 15 is 0 Å². The lowest BCUT2D eigenvalue weighted by Gasteiger charge is -2.14. The molecule has 108 valence electrons. The number of carboxylic acids is 1. The van der Waals surface area contributed by atoms with Gasteiger partial charge in [-0.1, -0.05) is 25.0 Å². The van der Waals surface area contributed by atoms with E-state index in [-0.39, 0.29) is 10.8 Å². The lowest BCUT2D eigenvalue weighted by Crippen LogP contribution is -2.03. The highest BCUT2D eigenvalue weighted by atomic mass is 32.2. The molecule has 1 aliphatic rings. The van der Waals surface area contributed by atoms with Crippen LogP contribution < -0.4 is 0 Å². The van der Waals surface area contributed by atoms with Gasteiger partial charge in [-0.25, -0.2) is 13.2 Å². The molecule has 1 aromatic rings. The third kappa shape index (κ3) is 3.48. The summed E-state index contributed by atoms with van der Waals surface area (Å²) in [7, 11) is -3.22. The molecule has 0 atom stereocenters. The summed E-state index contributed by atoms with van der Waals surface area (Å²) in [5.41, 5.74) is 1.60. The van der Waals surface area contributed by atoms with E-state index in [0.29, 0.717) is 0 Å². The Kier molecular flexibility index (Phi) is 4.28. The van der Waals surface area contributed by atoms with E-state index in [0.717, 1.165) is 43.1 Å². The number of carbonyl (C=O) groups is 1. The van der Waals surface area contributed by atoms with Crippen molar-refractivity contribution in [2.75, 3.05) is 6.26 Å². The molecule has 2 rings (SSSR count). The second kappa shape index (κ2) is 5.79. The van der Waals surface area contributed by atoms with Gasteiger partial charge in [-0.15, -0.1) is 0 Å². The SMILES string of the molecule is CS(=O)(=O)c1ccc(/C(=C/C(=O)O)C2CCCC2)cc1. The molecule has 1 aliphatic carbocycles. The summed E-state index contributed by atoms with van der Waals surface area (Å²) in [4.78, 5) is 11.2. The molecule has 0 bridgehead atoms. The van der Waals surface area contributed by atoms with E-state index in [2.05, 4.69) is 0 Å². The zero-order valence-electron chi connectivity index (χ0n) is 11.4. The molecule has 1 aromatic carbocycles. The maximum Gasteiger partial charge on any atom is 0.328 e. The highest BCUT2D eigenvalue weighted by Crippen LogP contribution is 2.36. The van der Waals surface area contributed by atoms with Crippen LogP contribution in [0.5, 0.6) is 0 Å². The average Bonchev–Trinajstić information content (AvgIpc) is 2.88. The van der Waals surface area contributed by atoms with E-state index < -0.39 is 15.8 Å². The Bertz CT molecular complexity index is 620. The Hall–Kier alpha value is -1.62. The first-order valence-corrected chi connectivity index (χ1v) is 8.52. The summed E-state index contributed by atoms with van der Waals surface area (Å²) in [6, 6.07) is 6.47. The van der Waals surface area contributed by atoms with Crippen LogP contribution in [0.3, 0.4) is 0 Å². The van der Waals surface area contributed by atoms with E-state index in [1.807, 2.05) is 0 Å². The standard InChI is InChI=1S/C15H18O4S/c1-20(18,19)13-8-6-12(7-9-13)14(10-15(16)17)11-4-2-3-5-11/h6-11H,2-5H2,1H3,(H,16,17)/b14-10+. The molecule has 0 radical (unpaired) electrons. The molecule has 0 aromatic heterocycles. The van der Waals surface area contributed by atoms with Crippen molar-refractivity contribution in [3.05, 3.63) is 35.9 Å². The van der Waals surface area contributed by atoms with Crippen LogP contribution in [0.25, 0.3) is 5.57 Å². The summed E-state index contributed by atoms with van der Waals surface area (Å²) in [5, 5.41) is 9.02. The van der Waals surface area contributed by atoms with Crippen LogP contribution in [0, 0.1) is 5.92 Å². The highest BCUT2D eigenvalue weighted by Gasteiger charge is 2.21. The Balaban J connectivity index is 2.37. The molecule has 4 nitrogen and oxygen atoms in total. The molecular weight excluding hydrogens is 276 g/mol. The summed E-state index contributed by atoms with van der Waals surface area (Å²) < 4.78 is 22.9. The first kappa shape index (κ1) is 14.8. The van der Waals surface area contributed by atoms with Gasteiger partial charge < -0.3 is 5.11 Å². The fourth-order valence-electron chi connectivity index (χ4n) is 2.70. The van der Waals surface area contributed by atoms with E-state index in [4.69, 9.17) is 5.11 Å². The van der Waals surface area contributed by atoms with Crippen molar-refractivity contribution in [1.29, 1.82) is 0 Å². The fourth-order valence-corrected chi connectivity index (χ4v) is 3.33. The normalized spacial score (nSPS) is 17.4. The van der Waals surface area contributed by atoms with Gasteiger partial charge in [0, 0.05) is 12.3 Å². The number of hydrogen-bond donors (Lipinski definition) is 1. The van der Waals surface area contributed by atoms with Crippen molar-refractivity contribution in [3.8, 4) is 0 Å². The number of benzene rings is 1. The highest BCUT2D eigenvalue weighted by molar-refractivity contribution is 7.90. The molecular formula is C15H18O4S. The van der Waals surface area contributed by atoms with Gasteiger partial charge in [-0.2, -0.15) is 0 Å². The van der Waals surface area contributed by atoms with Gasteiger partial charge in [0.2, 0.25) is 0 Å². The Morgan fingerprint density at radius 3 is 2.20 bits per heavy atom. The number of hydrogen-bond acceptors (Lipinski definition) is 3. The van der Waals surface area contributed by atoms with Crippen molar-refractivity contribution in [3.63, 3.8) is 0 Å². The topological polar surface area (TPSA) is 71.4 Å². The van der Waals surface area contributed by atoms with Crippen LogP contribution in [-0.4, -0.2) is 25.7 Å². The van der Waals surface area contributed by atoms with Crippen LogP contribution in [-0.2, 0) is 14.6 Å². The predicted molar refractivity (Wildman–Crippen MR) is 77.1 cm³/mol. The monoisotopic (exact) mass is 294 g/mol. The van der Waals surface area contributed by atoms with Crippen molar-refractivity contribution >= 4 is 21.4 Å². The largest absolute Gasteiger partial charge is 0.478 e. The van der Waals surface area contributed by atoms with Gasteiger partial charge in [0.15, 0.2) is 9.84 Å². The Morgan fingerprint density at radius 2 is 1.75 bits per heavy atom. The van der Waals surface area contributed by atoms with Gasteiger partial charge in [0.25, 0.3) is 0 Å². The number of aliphatic carboxylic acids is 1. The minimum absolute atomic E-state index is 0.252. The number of carboxylic acid groups (broad SMARTS) is 1. The van der Waals surface area contributed by atoms with Gasteiger partial charge in [-0.05, 0) is 42.0 Å². The maximum atomic E-state index is 11.4. The van der Waals surface area contributed by atoms with Crippen LogP contribution >= 0.6 is 0 Å². The minimum atomic E-state index is -3.22. The zero-order valence-corrected chi connectivity index (χ0v) is 12.2. The lowest BCUT2D eigenvalue weighted by molar-refractivity contribution is -0.131. The van der Waals surface area contributed by atoms with Crippen molar-refractivity contribution in [2.45, 2.75) is 30.6 Å². The molecule has 0 amide bonds. The number of sulfone groups is 1. The maximum absolute atomic E-state index is 11.4. The molecule has 0 aliphatic heterocycles. The molecule has 20 heavy (non-hydrogen) atoms. The van der Waals surface area contributed by atoms with E-state index in [1.165, 1.54) is 18.2 Å². The molecule has 1 N–H and O–H groups in total. The van der Waals surface area contributed by atoms with E-state index in [9.17, 15) is 13.2 Å². The summed E-state index contributed by atoms with van der Waals surface area (Å²) >= 11 is 0. The van der Waals surface area contributed by atoms with Crippen LogP contribution in [0.2, 0.25) is 0 Å². The molecule has 0 unspecified atom stereocenters. The summed E-state index contributed by atoms with van der Waals surface area (Å²) in [6.07, 6.45) is 6.63. The van der Waals surface area contributed by atoms with Crippen LogP contribution in [0.1, 0.15) is 31.2 Å². The first-order valence-electron chi connectivity index (χ1n) is 6.63. The Morgan fingerprint density at radius 1 is 1.20 bits per heavy atom. The molecule has 0 heterocycles. The predicted octanol–water partition coefficient (Wildman–Crippen LogP) is 2.75.